The first-order valence-corrected chi connectivity index (χ1v) is 6.38. The predicted molar refractivity (Wildman–Crippen MR) is 71.8 cm³/mol. The molecule has 2 rings (SSSR count). The molecule has 0 bridgehead atoms. The Labute approximate surface area is 108 Å². The van der Waals surface area contributed by atoms with E-state index < -0.39 is 0 Å². The van der Waals surface area contributed by atoms with E-state index in [4.69, 9.17) is 10.5 Å². The van der Waals surface area contributed by atoms with Gasteiger partial charge in [0.25, 0.3) is 0 Å². The van der Waals surface area contributed by atoms with Crippen molar-refractivity contribution in [2.24, 2.45) is 0 Å². The molecule has 0 amide bonds. The number of likely N-dealkylation sites (N-methyl/N-ethyl adjacent to an activating group) is 1. The molecule has 1 heterocycles. The molecule has 0 saturated heterocycles. The predicted octanol–water partition coefficient (Wildman–Crippen LogP) is 0.964. The first kappa shape index (κ1) is 12.9. The van der Waals surface area contributed by atoms with Crippen molar-refractivity contribution < 1.29 is 4.74 Å². The zero-order valence-electron chi connectivity index (χ0n) is 11.0. The Bertz CT molecular complexity index is 394. The highest BCUT2D eigenvalue weighted by molar-refractivity contribution is 5.61. The second-order valence-electron chi connectivity index (χ2n) is 4.43. The number of aromatic nitrogens is 2. The third-order valence-electron chi connectivity index (χ3n) is 3.20. The smallest absolute Gasteiger partial charge is 0.203 e. The van der Waals surface area contributed by atoms with Crippen molar-refractivity contribution in [3.63, 3.8) is 0 Å². The van der Waals surface area contributed by atoms with Crippen LogP contribution in [0.15, 0.2) is 6.33 Å². The van der Waals surface area contributed by atoms with E-state index >= 15 is 0 Å². The summed E-state index contributed by atoms with van der Waals surface area (Å²) in [6.07, 6.45) is 4.11. The molecule has 0 radical (unpaired) electrons. The number of nitrogens with one attached hydrogen (secondary N) is 1. The number of ether oxygens (including phenoxy) is 1. The molecule has 0 aliphatic heterocycles. The second-order valence-corrected chi connectivity index (χ2v) is 4.43. The minimum absolute atomic E-state index is 0.365. The van der Waals surface area contributed by atoms with Crippen molar-refractivity contribution in [1.29, 1.82) is 0 Å². The van der Waals surface area contributed by atoms with Crippen LogP contribution in [-0.4, -0.2) is 47.7 Å². The normalized spacial score (nSPS) is 14.8. The highest BCUT2D eigenvalue weighted by Crippen LogP contribution is 2.27. The molecule has 18 heavy (non-hydrogen) atoms. The Morgan fingerprint density at radius 1 is 1.50 bits per heavy atom. The van der Waals surface area contributed by atoms with Crippen LogP contribution in [0.4, 0.5) is 11.6 Å². The van der Waals surface area contributed by atoms with E-state index in [0.29, 0.717) is 17.4 Å². The molecule has 1 aromatic rings. The SMILES string of the molecule is CCN(CCNc1ncnc(N)c1OC)C1CC1. The first-order chi connectivity index (χ1) is 8.76. The van der Waals surface area contributed by atoms with Crippen molar-refractivity contribution in [3.05, 3.63) is 6.33 Å². The summed E-state index contributed by atoms with van der Waals surface area (Å²) in [6.45, 7) is 5.13. The van der Waals surface area contributed by atoms with Gasteiger partial charge in [0, 0.05) is 19.1 Å². The molecule has 0 spiro atoms. The average molecular weight is 251 g/mol. The lowest BCUT2D eigenvalue weighted by Crippen LogP contribution is -2.31. The van der Waals surface area contributed by atoms with Crippen molar-refractivity contribution in [2.45, 2.75) is 25.8 Å². The molecule has 0 unspecified atom stereocenters. The van der Waals surface area contributed by atoms with Gasteiger partial charge in [0.1, 0.15) is 6.33 Å². The van der Waals surface area contributed by atoms with E-state index in [1.165, 1.54) is 19.2 Å². The maximum Gasteiger partial charge on any atom is 0.203 e. The summed E-state index contributed by atoms with van der Waals surface area (Å²) in [5.41, 5.74) is 5.72. The number of nitrogens with zero attached hydrogens (tertiary/aromatic N) is 3. The van der Waals surface area contributed by atoms with Crippen LogP contribution in [0.1, 0.15) is 19.8 Å². The fourth-order valence-electron chi connectivity index (χ4n) is 2.07. The molecule has 1 aliphatic carbocycles. The molecule has 3 N–H and O–H groups in total. The molecular weight excluding hydrogens is 230 g/mol. The zero-order valence-corrected chi connectivity index (χ0v) is 11.0. The van der Waals surface area contributed by atoms with Crippen LogP contribution in [0.5, 0.6) is 5.75 Å². The summed E-state index contributed by atoms with van der Waals surface area (Å²) < 4.78 is 5.19. The highest BCUT2D eigenvalue weighted by atomic mass is 16.5. The quantitative estimate of drug-likeness (QED) is 0.752. The minimum atomic E-state index is 0.365. The standard InChI is InChI=1S/C12H21N5O/c1-3-17(9-4-5-9)7-6-14-12-10(18-2)11(13)15-8-16-12/h8-9H,3-7H2,1-2H3,(H3,13,14,15,16). The summed E-state index contributed by atoms with van der Waals surface area (Å²) in [7, 11) is 1.57. The summed E-state index contributed by atoms with van der Waals surface area (Å²) >= 11 is 0. The van der Waals surface area contributed by atoms with Gasteiger partial charge >= 0.3 is 0 Å². The Hall–Kier alpha value is -1.56. The number of nitrogen functional groups attached to an aromatic ring is 1. The fourth-order valence-corrected chi connectivity index (χ4v) is 2.07. The van der Waals surface area contributed by atoms with Crippen LogP contribution in [0.3, 0.4) is 0 Å². The summed E-state index contributed by atoms with van der Waals surface area (Å²) in [4.78, 5) is 10.5. The van der Waals surface area contributed by atoms with Gasteiger partial charge in [-0.1, -0.05) is 6.92 Å². The van der Waals surface area contributed by atoms with Gasteiger partial charge in [-0.05, 0) is 19.4 Å². The van der Waals surface area contributed by atoms with Gasteiger partial charge in [-0.15, -0.1) is 0 Å². The lowest BCUT2D eigenvalue weighted by molar-refractivity contribution is 0.288. The average Bonchev–Trinajstić information content (AvgIpc) is 3.19. The van der Waals surface area contributed by atoms with E-state index in [1.54, 1.807) is 7.11 Å². The Morgan fingerprint density at radius 3 is 2.89 bits per heavy atom. The monoisotopic (exact) mass is 251 g/mol. The zero-order chi connectivity index (χ0) is 13.0. The van der Waals surface area contributed by atoms with Gasteiger partial charge in [-0.2, -0.15) is 0 Å². The van der Waals surface area contributed by atoms with Crippen LogP contribution in [0.2, 0.25) is 0 Å². The number of hydrogen-bond acceptors (Lipinski definition) is 6. The summed E-state index contributed by atoms with van der Waals surface area (Å²) in [5, 5.41) is 3.25. The molecule has 100 valence electrons. The molecule has 0 aromatic carbocycles. The van der Waals surface area contributed by atoms with E-state index in [-0.39, 0.29) is 0 Å². The molecule has 1 saturated carbocycles. The largest absolute Gasteiger partial charge is 0.490 e. The van der Waals surface area contributed by atoms with Gasteiger partial charge in [-0.3, -0.25) is 4.90 Å². The van der Waals surface area contributed by atoms with E-state index in [9.17, 15) is 0 Å². The minimum Gasteiger partial charge on any atom is -0.490 e. The van der Waals surface area contributed by atoms with Gasteiger partial charge < -0.3 is 15.8 Å². The van der Waals surface area contributed by atoms with Gasteiger partial charge in [0.2, 0.25) is 5.75 Å². The van der Waals surface area contributed by atoms with Gasteiger partial charge in [0.05, 0.1) is 7.11 Å². The lowest BCUT2D eigenvalue weighted by atomic mass is 10.4. The van der Waals surface area contributed by atoms with E-state index in [2.05, 4.69) is 27.1 Å². The fraction of sp³-hybridized carbons (Fsp3) is 0.667. The highest BCUT2D eigenvalue weighted by Gasteiger charge is 2.27. The van der Waals surface area contributed by atoms with Crippen LogP contribution in [-0.2, 0) is 0 Å². The Kier molecular flexibility index (Phi) is 4.19. The van der Waals surface area contributed by atoms with Crippen molar-refractivity contribution in [1.82, 2.24) is 14.9 Å². The first-order valence-electron chi connectivity index (χ1n) is 6.38. The molecule has 0 atom stereocenters. The number of methoxy groups -OCH3 is 1. The van der Waals surface area contributed by atoms with Crippen LogP contribution < -0.4 is 15.8 Å². The Morgan fingerprint density at radius 2 is 2.28 bits per heavy atom. The molecular formula is C12H21N5O. The number of hydrogen-bond donors (Lipinski definition) is 2. The number of nitrogens with two attached hydrogens (primary N) is 1. The molecule has 1 fully saturated rings. The summed E-state index contributed by atoms with van der Waals surface area (Å²) in [5.74, 6) is 1.55. The van der Waals surface area contributed by atoms with Crippen LogP contribution >= 0.6 is 0 Å². The lowest BCUT2D eigenvalue weighted by Gasteiger charge is -2.20. The topological polar surface area (TPSA) is 76.3 Å². The maximum absolute atomic E-state index is 5.72. The molecule has 6 heteroatoms. The molecule has 1 aromatic heterocycles. The third kappa shape index (κ3) is 3.01. The van der Waals surface area contributed by atoms with Crippen molar-refractivity contribution in [3.8, 4) is 5.75 Å². The number of anilines is 2. The van der Waals surface area contributed by atoms with Crippen LogP contribution in [0, 0.1) is 0 Å². The van der Waals surface area contributed by atoms with E-state index in [1.807, 2.05) is 0 Å². The number of rotatable bonds is 7. The van der Waals surface area contributed by atoms with Gasteiger partial charge in [0.15, 0.2) is 11.6 Å². The maximum atomic E-state index is 5.72. The third-order valence-corrected chi connectivity index (χ3v) is 3.20. The molecule has 1 aliphatic rings. The Balaban J connectivity index is 1.87. The second kappa shape index (κ2) is 5.86. The van der Waals surface area contributed by atoms with Crippen LogP contribution in [0.25, 0.3) is 0 Å². The van der Waals surface area contributed by atoms with Crippen molar-refractivity contribution in [2.75, 3.05) is 37.8 Å². The van der Waals surface area contributed by atoms with E-state index in [0.717, 1.165) is 25.7 Å². The summed E-state index contributed by atoms with van der Waals surface area (Å²) in [6, 6.07) is 0.786. The molecule has 6 nitrogen and oxygen atoms in total. The van der Waals surface area contributed by atoms with Crippen molar-refractivity contribution >= 4 is 11.6 Å². The van der Waals surface area contributed by atoms with Gasteiger partial charge in [-0.25, -0.2) is 9.97 Å².